The molecule has 0 bridgehead atoms. The Morgan fingerprint density at radius 1 is 1.33 bits per heavy atom. The summed E-state index contributed by atoms with van der Waals surface area (Å²) in [5.41, 5.74) is 0. The minimum Gasteiger partial charge on any atom is -0.378 e. The number of rotatable bonds is 4. The lowest BCUT2D eigenvalue weighted by molar-refractivity contribution is 0.0370. The van der Waals surface area contributed by atoms with Crippen LogP contribution in [0.5, 0.6) is 0 Å². The van der Waals surface area contributed by atoms with Gasteiger partial charge in [0.2, 0.25) is 0 Å². The molecule has 1 aliphatic carbocycles. The fraction of sp³-hybridized carbons (Fsp3) is 0.778. The van der Waals surface area contributed by atoms with Crippen molar-refractivity contribution in [3.05, 3.63) is 16.1 Å². The van der Waals surface area contributed by atoms with Crippen molar-refractivity contribution >= 4 is 17.4 Å². The maximum absolute atomic E-state index is 12.7. The molecule has 0 radical (unpaired) electrons. The van der Waals surface area contributed by atoms with Crippen molar-refractivity contribution in [2.45, 2.75) is 57.6 Å². The van der Waals surface area contributed by atoms with Crippen LogP contribution in [0.3, 0.4) is 0 Å². The fourth-order valence-electron chi connectivity index (χ4n) is 4.00. The first-order valence-electron chi connectivity index (χ1n) is 9.30. The molecule has 2 amide bonds. The predicted molar refractivity (Wildman–Crippen MR) is 94.1 cm³/mol. The van der Waals surface area contributed by atoms with Gasteiger partial charge in [0.25, 0.3) is 0 Å². The van der Waals surface area contributed by atoms with Crippen molar-refractivity contribution in [2.24, 2.45) is 11.8 Å². The SMILES string of the molecule is Cc1cnc([C@@H](NC(=O)N2CCC([C@@H]3CCCO3)CC2)C2CC2)s1. The van der Waals surface area contributed by atoms with Crippen LogP contribution in [-0.2, 0) is 4.74 Å². The Morgan fingerprint density at radius 2 is 2.12 bits per heavy atom. The van der Waals surface area contributed by atoms with Crippen LogP contribution in [0.1, 0.15) is 54.5 Å². The smallest absolute Gasteiger partial charge is 0.317 e. The molecule has 0 spiro atoms. The third-order valence-corrected chi connectivity index (χ3v) is 6.59. The Hall–Kier alpha value is -1.14. The van der Waals surface area contributed by atoms with E-state index in [2.05, 4.69) is 17.2 Å². The molecule has 3 heterocycles. The number of amides is 2. The maximum atomic E-state index is 12.7. The Labute approximate surface area is 147 Å². The second kappa shape index (κ2) is 7.00. The maximum Gasteiger partial charge on any atom is 0.317 e. The molecular weight excluding hydrogens is 322 g/mol. The number of carbonyl (C=O) groups is 1. The highest BCUT2D eigenvalue weighted by Gasteiger charge is 2.37. The minimum absolute atomic E-state index is 0.0885. The molecule has 2 saturated heterocycles. The van der Waals surface area contributed by atoms with E-state index in [1.807, 2.05) is 11.1 Å². The molecule has 0 aromatic carbocycles. The molecule has 6 heteroatoms. The summed E-state index contributed by atoms with van der Waals surface area (Å²) >= 11 is 1.71. The van der Waals surface area contributed by atoms with Gasteiger partial charge in [-0.3, -0.25) is 0 Å². The van der Waals surface area contributed by atoms with Crippen molar-refractivity contribution in [1.29, 1.82) is 0 Å². The number of hydrogen-bond acceptors (Lipinski definition) is 4. The molecule has 0 unspecified atom stereocenters. The number of aromatic nitrogens is 1. The zero-order chi connectivity index (χ0) is 16.5. The van der Waals surface area contributed by atoms with Crippen molar-refractivity contribution in [1.82, 2.24) is 15.2 Å². The zero-order valence-corrected chi connectivity index (χ0v) is 15.2. The highest BCUT2D eigenvalue weighted by atomic mass is 32.1. The van der Waals surface area contributed by atoms with Crippen molar-refractivity contribution in [3.63, 3.8) is 0 Å². The van der Waals surface area contributed by atoms with Crippen LogP contribution in [0.25, 0.3) is 0 Å². The molecule has 2 atom stereocenters. The number of carbonyl (C=O) groups excluding carboxylic acids is 1. The van der Waals surface area contributed by atoms with Gasteiger partial charge in [0.1, 0.15) is 5.01 Å². The van der Waals surface area contributed by atoms with E-state index in [4.69, 9.17) is 4.74 Å². The molecular formula is C18H27N3O2S. The van der Waals surface area contributed by atoms with Crippen LogP contribution in [-0.4, -0.2) is 41.7 Å². The summed E-state index contributed by atoms with van der Waals surface area (Å²) in [5, 5.41) is 4.33. The molecule has 24 heavy (non-hydrogen) atoms. The monoisotopic (exact) mass is 349 g/mol. The van der Waals surface area contributed by atoms with Crippen LogP contribution >= 0.6 is 11.3 Å². The van der Waals surface area contributed by atoms with Gasteiger partial charge in [-0.1, -0.05) is 0 Å². The van der Waals surface area contributed by atoms with E-state index in [0.29, 0.717) is 17.9 Å². The van der Waals surface area contributed by atoms with Gasteiger partial charge in [-0.25, -0.2) is 9.78 Å². The van der Waals surface area contributed by atoms with Gasteiger partial charge >= 0.3 is 6.03 Å². The average Bonchev–Trinajstić information content (AvgIpc) is 3.10. The topological polar surface area (TPSA) is 54.5 Å². The molecule has 1 aromatic heterocycles. The number of aryl methyl sites for hydroxylation is 1. The molecule has 132 valence electrons. The number of piperidine rings is 1. The van der Waals surface area contributed by atoms with Gasteiger partial charge in [0.15, 0.2) is 0 Å². The van der Waals surface area contributed by atoms with Crippen LogP contribution in [0.15, 0.2) is 6.20 Å². The summed E-state index contributed by atoms with van der Waals surface area (Å²) in [6.45, 7) is 4.69. The number of nitrogens with zero attached hydrogens (tertiary/aromatic N) is 2. The zero-order valence-electron chi connectivity index (χ0n) is 14.4. The average molecular weight is 350 g/mol. The molecule has 2 aliphatic heterocycles. The van der Waals surface area contributed by atoms with Gasteiger partial charge in [-0.05, 0) is 57.3 Å². The molecule has 4 rings (SSSR count). The first-order chi connectivity index (χ1) is 11.7. The van der Waals surface area contributed by atoms with E-state index in [0.717, 1.165) is 37.5 Å². The van der Waals surface area contributed by atoms with Gasteiger partial charge in [-0.2, -0.15) is 0 Å². The largest absolute Gasteiger partial charge is 0.378 e. The fourth-order valence-corrected chi connectivity index (χ4v) is 4.92. The first kappa shape index (κ1) is 16.3. The van der Waals surface area contributed by atoms with Crippen molar-refractivity contribution in [3.8, 4) is 0 Å². The van der Waals surface area contributed by atoms with Gasteiger partial charge < -0.3 is 15.0 Å². The number of nitrogens with one attached hydrogen (secondary N) is 1. The highest BCUT2D eigenvalue weighted by Crippen LogP contribution is 2.42. The lowest BCUT2D eigenvalue weighted by Gasteiger charge is -2.35. The second-order valence-corrected chi connectivity index (χ2v) is 8.72. The number of hydrogen-bond donors (Lipinski definition) is 1. The van der Waals surface area contributed by atoms with E-state index < -0.39 is 0 Å². The van der Waals surface area contributed by atoms with E-state index >= 15 is 0 Å². The molecule has 1 aromatic rings. The number of urea groups is 1. The Bertz CT molecular complexity index is 573. The predicted octanol–water partition coefficient (Wildman–Crippen LogP) is 3.50. The molecule has 3 fully saturated rings. The van der Waals surface area contributed by atoms with Crippen LogP contribution in [0, 0.1) is 18.8 Å². The number of thiazole rings is 1. The molecule has 5 nitrogen and oxygen atoms in total. The summed E-state index contributed by atoms with van der Waals surface area (Å²) in [5.74, 6) is 1.21. The summed E-state index contributed by atoms with van der Waals surface area (Å²) in [7, 11) is 0. The summed E-state index contributed by atoms with van der Waals surface area (Å²) in [4.78, 5) is 20.4. The lowest BCUT2D eigenvalue weighted by Crippen LogP contribution is -2.47. The normalized spacial score (nSPS) is 26.5. The van der Waals surface area contributed by atoms with E-state index in [-0.39, 0.29) is 12.1 Å². The van der Waals surface area contributed by atoms with Crippen molar-refractivity contribution < 1.29 is 9.53 Å². The quantitative estimate of drug-likeness (QED) is 0.905. The number of ether oxygens (including phenoxy) is 1. The molecule has 3 aliphatic rings. The van der Waals surface area contributed by atoms with Crippen molar-refractivity contribution in [2.75, 3.05) is 19.7 Å². The summed E-state index contributed by atoms with van der Waals surface area (Å²) in [6, 6.07) is 0.192. The minimum atomic E-state index is 0.0885. The standard InChI is InChI=1S/C18H27N3O2S/c1-12-11-19-17(24-12)16(14-4-5-14)20-18(22)21-8-6-13(7-9-21)15-3-2-10-23-15/h11,13-16H,2-10H2,1H3,(H,20,22)/t15-,16-/m0/s1. The van der Waals surface area contributed by atoms with Crippen LogP contribution in [0.4, 0.5) is 4.79 Å². The van der Waals surface area contributed by atoms with E-state index in [1.165, 1.54) is 30.6 Å². The Balaban J connectivity index is 1.32. The van der Waals surface area contributed by atoms with Gasteiger partial charge in [0, 0.05) is 30.8 Å². The van der Waals surface area contributed by atoms with Gasteiger partial charge in [0.05, 0.1) is 12.1 Å². The van der Waals surface area contributed by atoms with E-state index in [9.17, 15) is 4.79 Å². The van der Waals surface area contributed by atoms with Gasteiger partial charge in [-0.15, -0.1) is 11.3 Å². The van der Waals surface area contributed by atoms with Crippen LogP contribution < -0.4 is 5.32 Å². The lowest BCUT2D eigenvalue weighted by atomic mass is 9.90. The molecule has 1 saturated carbocycles. The van der Waals surface area contributed by atoms with E-state index in [1.54, 1.807) is 11.3 Å². The Morgan fingerprint density at radius 3 is 2.71 bits per heavy atom. The van der Waals surface area contributed by atoms with Crippen LogP contribution in [0.2, 0.25) is 0 Å². The summed E-state index contributed by atoms with van der Waals surface area (Å²) < 4.78 is 5.83. The highest BCUT2D eigenvalue weighted by molar-refractivity contribution is 7.11. The third kappa shape index (κ3) is 3.59. The molecule has 1 N–H and O–H groups in total. The first-order valence-corrected chi connectivity index (χ1v) is 10.1. The Kier molecular flexibility index (Phi) is 4.77. The third-order valence-electron chi connectivity index (χ3n) is 5.60. The second-order valence-electron chi connectivity index (χ2n) is 7.45. The summed E-state index contributed by atoms with van der Waals surface area (Å²) in [6.07, 6.45) is 9.29. The number of likely N-dealkylation sites (tertiary alicyclic amines) is 1.